The largest absolute Gasteiger partial charge is 0.352 e. The minimum absolute atomic E-state index is 0.0738. The van der Waals surface area contributed by atoms with Crippen molar-refractivity contribution in [2.45, 2.75) is 52.5 Å². The fourth-order valence-electron chi connectivity index (χ4n) is 1.91. The predicted octanol–water partition coefficient (Wildman–Crippen LogP) is 2.65. The second-order valence-electron chi connectivity index (χ2n) is 6.06. The third-order valence-electron chi connectivity index (χ3n) is 3.29. The standard InChI is InChI=1S/C16H26N2O/c1-12-10-14(16(2,3)4)8-7-13(12)11-18-15(19)6-5-9-17/h7-8,10H,5-6,9,11,17H2,1-4H3,(H,18,19). The van der Waals surface area contributed by atoms with Crippen LogP contribution in [0.25, 0.3) is 0 Å². The first-order valence-corrected chi connectivity index (χ1v) is 6.91. The van der Waals surface area contributed by atoms with Crippen LogP contribution >= 0.6 is 0 Å². The molecule has 0 saturated carbocycles. The number of nitrogens with one attached hydrogen (secondary N) is 1. The molecule has 1 aromatic carbocycles. The third-order valence-corrected chi connectivity index (χ3v) is 3.29. The average Bonchev–Trinajstić information content (AvgIpc) is 2.33. The van der Waals surface area contributed by atoms with Crippen molar-refractivity contribution in [1.29, 1.82) is 0 Å². The van der Waals surface area contributed by atoms with Crippen LogP contribution in [0.3, 0.4) is 0 Å². The number of rotatable bonds is 5. The molecule has 0 heterocycles. The Morgan fingerprint density at radius 1 is 1.32 bits per heavy atom. The summed E-state index contributed by atoms with van der Waals surface area (Å²) in [5, 5.41) is 2.94. The summed E-state index contributed by atoms with van der Waals surface area (Å²) in [6.45, 7) is 9.87. The number of aryl methyl sites for hydroxylation is 1. The quantitative estimate of drug-likeness (QED) is 0.857. The van der Waals surface area contributed by atoms with E-state index in [9.17, 15) is 4.79 Å². The van der Waals surface area contributed by atoms with Crippen LogP contribution in [-0.4, -0.2) is 12.5 Å². The second kappa shape index (κ2) is 6.71. The molecule has 0 unspecified atom stereocenters. The van der Waals surface area contributed by atoms with Crippen molar-refractivity contribution >= 4 is 5.91 Å². The molecule has 3 nitrogen and oxygen atoms in total. The number of nitrogens with two attached hydrogens (primary N) is 1. The van der Waals surface area contributed by atoms with Gasteiger partial charge in [-0.3, -0.25) is 4.79 Å². The fourth-order valence-corrected chi connectivity index (χ4v) is 1.91. The zero-order valence-corrected chi connectivity index (χ0v) is 12.5. The SMILES string of the molecule is Cc1cc(C(C)(C)C)ccc1CNC(=O)CCCN. The van der Waals surface area contributed by atoms with E-state index in [0.717, 1.165) is 6.42 Å². The van der Waals surface area contributed by atoms with E-state index in [2.05, 4.69) is 51.2 Å². The Balaban J connectivity index is 2.63. The molecule has 0 aromatic heterocycles. The van der Waals surface area contributed by atoms with Crippen LogP contribution in [0.5, 0.6) is 0 Å². The summed E-state index contributed by atoms with van der Waals surface area (Å²) in [6.07, 6.45) is 1.25. The van der Waals surface area contributed by atoms with Crippen LogP contribution in [0.4, 0.5) is 0 Å². The smallest absolute Gasteiger partial charge is 0.220 e. The molecule has 1 aromatic rings. The molecule has 3 N–H and O–H groups in total. The molecule has 1 rings (SSSR count). The van der Waals surface area contributed by atoms with Crippen molar-refractivity contribution in [2.75, 3.05) is 6.54 Å². The summed E-state index contributed by atoms with van der Waals surface area (Å²) in [6, 6.07) is 6.47. The lowest BCUT2D eigenvalue weighted by molar-refractivity contribution is -0.121. The highest BCUT2D eigenvalue weighted by Gasteiger charge is 2.14. The van der Waals surface area contributed by atoms with Gasteiger partial charge in [0, 0.05) is 13.0 Å². The molecular formula is C16H26N2O. The zero-order chi connectivity index (χ0) is 14.5. The molecule has 0 saturated heterocycles. The maximum absolute atomic E-state index is 11.5. The highest BCUT2D eigenvalue weighted by Crippen LogP contribution is 2.24. The van der Waals surface area contributed by atoms with Crippen molar-refractivity contribution in [3.05, 3.63) is 34.9 Å². The van der Waals surface area contributed by atoms with E-state index in [4.69, 9.17) is 5.73 Å². The van der Waals surface area contributed by atoms with Crippen LogP contribution in [0.2, 0.25) is 0 Å². The molecule has 0 aliphatic heterocycles. The predicted molar refractivity (Wildman–Crippen MR) is 80.0 cm³/mol. The number of carbonyl (C=O) groups is 1. The van der Waals surface area contributed by atoms with Gasteiger partial charge in [-0.1, -0.05) is 39.0 Å². The van der Waals surface area contributed by atoms with E-state index in [1.807, 2.05) is 0 Å². The van der Waals surface area contributed by atoms with Crippen LogP contribution in [-0.2, 0) is 16.8 Å². The summed E-state index contributed by atoms with van der Waals surface area (Å²) in [5.74, 6) is 0.0738. The molecule has 0 aliphatic rings. The first-order valence-electron chi connectivity index (χ1n) is 6.91. The van der Waals surface area contributed by atoms with E-state index >= 15 is 0 Å². The molecule has 19 heavy (non-hydrogen) atoms. The maximum atomic E-state index is 11.5. The van der Waals surface area contributed by atoms with Gasteiger partial charge in [-0.15, -0.1) is 0 Å². The highest BCUT2D eigenvalue weighted by molar-refractivity contribution is 5.75. The average molecular weight is 262 g/mol. The Kier molecular flexibility index (Phi) is 5.55. The van der Waals surface area contributed by atoms with Gasteiger partial charge < -0.3 is 11.1 Å². The topological polar surface area (TPSA) is 55.1 Å². The second-order valence-corrected chi connectivity index (χ2v) is 6.06. The van der Waals surface area contributed by atoms with Crippen molar-refractivity contribution in [1.82, 2.24) is 5.32 Å². The first-order chi connectivity index (χ1) is 8.84. The Labute approximate surface area is 116 Å². The maximum Gasteiger partial charge on any atom is 0.220 e. The Morgan fingerprint density at radius 3 is 2.53 bits per heavy atom. The van der Waals surface area contributed by atoms with Gasteiger partial charge in [-0.2, -0.15) is 0 Å². The number of benzene rings is 1. The van der Waals surface area contributed by atoms with Crippen molar-refractivity contribution in [2.24, 2.45) is 5.73 Å². The van der Waals surface area contributed by atoms with Gasteiger partial charge in [-0.25, -0.2) is 0 Å². The van der Waals surface area contributed by atoms with Crippen LogP contribution in [0.1, 0.15) is 50.3 Å². The molecule has 0 spiro atoms. The molecule has 1 amide bonds. The highest BCUT2D eigenvalue weighted by atomic mass is 16.1. The lowest BCUT2D eigenvalue weighted by Crippen LogP contribution is -2.23. The Bertz CT molecular complexity index is 433. The van der Waals surface area contributed by atoms with Crippen LogP contribution in [0, 0.1) is 6.92 Å². The summed E-state index contributed by atoms with van der Waals surface area (Å²) < 4.78 is 0. The van der Waals surface area contributed by atoms with Gasteiger partial charge in [0.1, 0.15) is 0 Å². The Hall–Kier alpha value is -1.35. The minimum atomic E-state index is 0.0738. The van der Waals surface area contributed by atoms with Crippen molar-refractivity contribution < 1.29 is 4.79 Å². The van der Waals surface area contributed by atoms with E-state index in [1.54, 1.807) is 0 Å². The molecule has 0 fully saturated rings. The zero-order valence-electron chi connectivity index (χ0n) is 12.5. The lowest BCUT2D eigenvalue weighted by Gasteiger charge is -2.20. The molecule has 106 valence electrons. The van der Waals surface area contributed by atoms with E-state index < -0.39 is 0 Å². The van der Waals surface area contributed by atoms with Gasteiger partial charge in [0.05, 0.1) is 0 Å². The molecule has 0 atom stereocenters. The molecule has 0 bridgehead atoms. The number of hydrogen-bond acceptors (Lipinski definition) is 2. The Morgan fingerprint density at radius 2 is 2.00 bits per heavy atom. The van der Waals surface area contributed by atoms with Crippen LogP contribution < -0.4 is 11.1 Å². The van der Waals surface area contributed by atoms with Gasteiger partial charge in [0.25, 0.3) is 0 Å². The molecule has 3 heteroatoms. The van der Waals surface area contributed by atoms with Crippen LogP contribution in [0.15, 0.2) is 18.2 Å². The number of hydrogen-bond donors (Lipinski definition) is 2. The third kappa shape index (κ3) is 5.03. The van der Waals surface area contributed by atoms with Gasteiger partial charge in [0.2, 0.25) is 5.91 Å². The van der Waals surface area contributed by atoms with E-state index in [1.165, 1.54) is 16.7 Å². The van der Waals surface area contributed by atoms with Crippen molar-refractivity contribution in [3.63, 3.8) is 0 Å². The molecule has 0 radical (unpaired) electrons. The van der Waals surface area contributed by atoms with Gasteiger partial charge >= 0.3 is 0 Å². The van der Waals surface area contributed by atoms with Gasteiger partial charge in [0.15, 0.2) is 0 Å². The molecular weight excluding hydrogens is 236 g/mol. The summed E-state index contributed by atoms with van der Waals surface area (Å²) >= 11 is 0. The number of carbonyl (C=O) groups excluding carboxylic acids is 1. The molecule has 0 aliphatic carbocycles. The van der Waals surface area contributed by atoms with Gasteiger partial charge in [-0.05, 0) is 42.0 Å². The summed E-state index contributed by atoms with van der Waals surface area (Å²) in [5.41, 5.74) is 9.27. The van der Waals surface area contributed by atoms with E-state index in [-0.39, 0.29) is 11.3 Å². The monoisotopic (exact) mass is 262 g/mol. The summed E-state index contributed by atoms with van der Waals surface area (Å²) in [4.78, 5) is 11.5. The van der Waals surface area contributed by atoms with Crippen molar-refractivity contribution in [3.8, 4) is 0 Å². The minimum Gasteiger partial charge on any atom is -0.352 e. The van der Waals surface area contributed by atoms with E-state index in [0.29, 0.717) is 19.5 Å². The normalized spacial score (nSPS) is 11.4. The lowest BCUT2D eigenvalue weighted by atomic mass is 9.85. The first kappa shape index (κ1) is 15.7. The number of amides is 1. The summed E-state index contributed by atoms with van der Waals surface area (Å²) in [7, 11) is 0. The fraction of sp³-hybridized carbons (Fsp3) is 0.562.